The van der Waals surface area contributed by atoms with E-state index in [4.69, 9.17) is 0 Å². The summed E-state index contributed by atoms with van der Waals surface area (Å²) in [4.78, 5) is 29.0. The zero-order valence-electron chi connectivity index (χ0n) is 12.4. The van der Waals surface area contributed by atoms with Crippen LogP contribution in [0.25, 0.3) is 0 Å². The van der Waals surface area contributed by atoms with Crippen molar-refractivity contribution in [3.05, 3.63) is 0 Å². The van der Waals surface area contributed by atoms with Crippen molar-refractivity contribution in [2.75, 3.05) is 26.2 Å². The van der Waals surface area contributed by atoms with E-state index in [9.17, 15) is 9.59 Å². The standard InChI is InChI=1S/C16H26N2O2/c19-15(13-6-1-2-7-13)18-11-5-8-14(12-18)16(20)17-9-3-4-10-17/h13-14H,1-12H2. The summed E-state index contributed by atoms with van der Waals surface area (Å²) in [6.07, 6.45) is 8.74. The predicted octanol–water partition coefficient (Wildman–Crippen LogP) is 2.04. The highest BCUT2D eigenvalue weighted by molar-refractivity contribution is 5.82. The van der Waals surface area contributed by atoms with Crippen LogP contribution >= 0.6 is 0 Å². The van der Waals surface area contributed by atoms with Crippen molar-refractivity contribution in [2.24, 2.45) is 11.8 Å². The molecule has 4 nitrogen and oxygen atoms in total. The molecule has 0 aromatic rings. The van der Waals surface area contributed by atoms with E-state index in [0.29, 0.717) is 18.4 Å². The molecule has 2 heterocycles. The fourth-order valence-corrected chi connectivity index (χ4v) is 4.01. The number of hydrogen-bond acceptors (Lipinski definition) is 2. The molecule has 1 unspecified atom stereocenters. The van der Waals surface area contributed by atoms with Crippen LogP contribution in [0.1, 0.15) is 51.4 Å². The van der Waals surface area contributed by atoms with E-state index < -0.39 is 0 Å². The van der Waals surface area contributed by atoms with Gasteiger partial charge in [-0.1, -0.05) is 12.8 Å². The van der Waals surface area contributed by atoms with Crippen molar-refractivity contribution in [2.45, 2.75) is 51.4 Å². The smallest absolute Gasteiger partial charge is 0.227 e. The van der Waals surface area contributed by atoms with Crippen LogP contribution in [0.2, 0.25) is 0 Å². The van der Waals surface area contributed by atoms with Crippen molar-refractivity contribution in [1.29, 1.82) is 0 Å². The summed E-state index contributed by atoms with van der Waals surface area (Å²) in [6, 6.07) is 0. The number of amides is 2. The Labute approximate surface area is 121 Å². The Kier molecular flexibility index (Phi) is 4.27. The Morgan fingerprint density at radius 2 is 1.20 bits per heavy atom. The van der Waals surface area contributed by atoms with Crippen LogP contribution in [0.3, 0.4) is 0 Å². The molecule has 20 heavy (non-hydrogen) atoms. The molecule has 1 saturated carbocycles. The molecule has 3 rings (SSSR count). The van der Waals surface area contributed by atoms with Crippen LogP contribution in [0.5, 0.6) is 0 Å². The van der Waals surface area contributed by atoms with Crippen molar-refractivity contribution >= 4 is 11.8 Å². The molecule has 3 fully saturated rings. The highest BCUT2D eigenvalue weighted by Gasteiger charge is 2.34. The van der Waals surface area contributed by atoms with Gasteiger partial charge in [-0.25, -0.2) is 0 Å². The third kappa shape index (κ3) is 2.84. The highest BCUT2D eigenvalue weighted by Crippen LogP contribution is 2.29. The minimum Gasteiger partial charge on any atom is -0.342 e. The topological polar surface area (TPSA) is 40.6 Å². The van der Waals surface area contributed by atoms with Gasteiger partial charge in [0.15, 0.2) is 0 Å². The Balaban J connectivity index is 1.58. The molecular weight excluding hydrogens is 252 g/mol. The van der Waals surface area contributed by atoms with Gasteiger partial charge < -0.3 is 9.80 Å². The minimum absolute atomic E-state index is 0.0622. The molecule has 2 amide bonds. The van der Waals surface area contributed by atoms with Crippen LogP contribution in [-0.4, -0.2) is 47.8 Å². The van der Waals surface area contributed by atoms with Gasteiger partial charge in [0.1, 0.15) is 0 Å². The lowest BCUT2D eigenvalue weighted by atomic mass is 9.95. The molecule has 1 aliphatic carbocycles. The summed E-state index contributed by atoms with van der Waals surface area (Å²) in [5, 5.41) is 0. The second-order valence-corrected chi connectivity index (χ2v) is 6.64. The summed E-state index contributed by atoms with van der Waals surface area (Å²) in [6.45, 7) is 3.38. The first-order chi connectivity index (χ1) is 9.75. The fraction of sp³-hybridized carbons (Fsp3) is 0.875. The first-order valence-electron chi connectivity index (χ1n) is 8.33. The number of carbonyl (C=O) groups is 2. The minimum atomic E-state index is 0.0622. The van der Waals surface area contributed by atoms with E-state index in [1.54, 1.807) is 0 Å². The van der Waals surface area contributed by atoms with E-state index in [-0.39, 0.29) is 11.8 Å². The van der Waals surface area contributed by atoms with Gasteiger partial charge in [0.05, 0.1) is 5.92 Å². The molecule has 2 aliphatic heterocycles. The third-order valence-electron chi connectivity index (χ3n) is 5.20. The van der Waals surface area contributed by atoms with Crippen LogP contribution in [-0.2, 0) is 9.59 Å². The van der Waals surface area contributed by atoms with Gasteiger partial charge in [-0.2, -0.15) is 0 Å². The lowest BCUT2D eigenvalue weighted by Crippen LogP contribution is -2.47. The van der Waals surface area contributed by atoms with E-state index >= 15 is 0 Å². The van der Waals surface area contributed by atoms with Crippen molar-refractivity contribution in [3.63, 3.8) is 0 Å². The van der Waals surface area contributed by atoms with E-state index in [0.717, 1.165) is 58.2 Å². The lowest BCUT2D eigenvalue weighted by Gasteiger charge is -2.35. The van der Waals surface area contributed by atoms with Crippen LogP contribution in [0.15, 0.2) is 0 Å². The van der Waals surface area contributed by atoms with Crippen molar-refractivity contribution in [1.82, 2.24) is 9.80 Å². The second-order valence-electron chi connectivity index (χ2n) is 6.64. The lowest BCUT2D eigenvalue weighted by molar-refractivity contribution is -0.142. The summed E-state index contributed by atoms with van der Waals surface area (Å²) in [5.74, 6) is 0.927. The predicted molar refractivity (Wildman–Crippen MR) is 77.1 cm³/mol. The van der Waals surface area contributed by atoms with Gasteiger partial charge in [0.25, 0.3) is 0 Å². The number of hydrogen-bond donors (Lipinski definition) is 0. The molecule has 0 N–H and O–H groups in total. The van der Waals surface area contributed by atoms with Crippen LogP contribution in [0.4, 0.5) is 0 Å². The van der Waals surface area contributed by atoms with Gasteiger partial charge >= 0.3 is 0 Å². The highest BCUT2D eigenvalue weighted by atomic mass is 16.2. The fourth-order valence-electron chi connectivity index (χ4n) is 4.01. The van der Waals surface area contributed by atoms with Gasteiger partial charge in [0.2, 0.25) is 11.8 Å². The first-order valence-corrected chi connectivity index (χ1v) is 8.33. The summed E-state index contributed by atoms with van der Waals surface area (Å²) < 4.78 is 0. The maximum atomic E-state index is 12.5. The Hall–Kier alpha value is -1.06. The quantitative estimate of drug-likeness (QED) is 0.775. The normalized spacial score (nSPS) is 28.1. The molecule has 4 heteroatoms. The van der Waals surface area contributed by atoms with Crippen molar-refractivity contribution < 1.29 is 9.59 Å². The molecular formula is C16H26N2O2. The van der Waals surface area contributed by atoms with E-state index in [2.05, 4.69) is 0 Å². The largest absolute Gasteiger partial charge is 0.342 e. The van der Waals surface area contributed by atoms with E-state index in [1.807, 2.05) is 9.80 Å². The summed E-state index contributed by atoms with van der Waals surface area (Å²) in [5.41, 5.74) is 0. The first kappa shape index (κ1) is 13.9. The molecule has 0 aromatic carbocycles. The van der Waals surface area contributed by atoms with Gasteiger partial charge in [0, 0.05) is 32.1 Å². The number of nitrogens with zero attached hydrogens (tertiary/aromatic N) is 2. The Bertz CT molecular complexity index is 337. The maximum Gasteiger partial charge on any atom is 0.227 e. The van der Waals surface area contributed by atoms with E-state index in [1.165, 1.54) is 12.8 Å². The molecule has 0 spiro atoms. The average molecular weight is 278 g/mol. The SMILES string of the molecule is O=C(C1CCCN(C(=O)C2CCCC2)C1)N1CCCC1. The molecule has 2 saturated heterocycles. The van der Waals surface area contributed by atoms with Crippen LogP contribution < -0.4 is 0 Å². The molecule has 0 radical (unpaired) electrons. The monoisotopic (exact) mass is 278 g/mol. The van der Waals surface area contributed by atoms with Crippen molar-refractivity contribution in [3.8, 4) is 0 Å². The van der Waals surface area contributed by atoms with Gasteiger partial charge in [-0.3, -0.25) is 9.59 Å². The number of piperidine rings is 1. The summed E-state index contributed by atoms with van der Waals surface area (Å²) in [7, 11) is 0. The number of carbonyl (C=O) groups excluding carboxylic acids is 2. The second kappa shape index (κ2) is 6.15. The molecule has 112 valence electrons. The maximum absolute atomic E-state index is 12.5. The molecule has 1 atom stereocenters. The number of likely N-dealkylation sites (tertiary alicyclic amines) is 2. The van der Waals surface area contributed by atoms with Crippen LogP contribution in [0, 0.1) is 11.8 Å². The molecule has 0 bridgehead atoms. The Morgan fingerprint density at radius 3 is 1.90 bits per heavy atom. The Morgan fingerprint density at radius 1 is 0.650 bits per heavy atom. The third-order valence-corrected chi connectivity index (χ3v) is 5.20. The average Bonchev–Trinajstić information content (AvgIpc) is 3.18. The zero-order valence-corrected chi connectivity index (χ0v) is 12.4. The molecule has 3 aliphatic rings. The summed E-state index contributed by atoms with van der Waals surface area (Å²) >= 11 is 0. The number of rotatable bonds is 2. The van der Waals surface area contributed by atoms with Gasteiger partial charge in [-0.05, 0) is 38.5 Å². The zero-order chi connectivity index (χ0) is 13.9. The molecule has 0 aromatic heterocycles. The van der Waals surface area contributed by atoms with Gasteiger partial charge in [-0.15, -0.1) is 0 Å².